The molecule has 1 aliphatic rings. The molecule has 1 N–H and O–H groups in total. The molecule has 10 nitrogen and oxygen atoms in total. The highest BCUT2D eigenvalue weighted by molar-refractivity contribution is 7.19. The van der Waals surface area contributed by atoms with Gasteiger partial charge in [0.05, 0.1) is 33.9 Å². The SMILES string of the molecule is COC(=O)Oc1ccc2nc(C(=O)NC3CCN(C(C)C)CC3)n(Cc3cc(-c4ccc(Cl)s4)on3)c2c1. The number of hydrogen-bond acceptors (Lipinski definition) is 9. The first kappa shape index (κ1) is 26.2. The molecule has 1 amide bonds. The average molecular weight is 558 g/mol. The van der Waals surface area contributed by atoms with E-state index in [1.165, 1.54) is 18.4 Å². The van der Waals surface area contributed by atoms with Crippen molar-refractivity contribution in [2.45, 2.75) is 45.3 Å². The van der Waals surface area contributed by atoms with Gasteiger partial charge < -0.3 is 28.8 Å². The minimum Gasteiger partial charge on any atom is -0.437 e. The molecule has 38 heavy (non-hydrogen) atoms. The Morgan fingerprint density at radius 2 is 2.00 bits per heavy atom. The van der Waals surface area contributed by atoms with E-state index in [1.54, 1.807) is 28.8 Å². The number of likely N-dealkylation sites (tertiary alicyclic amines) is 1. The summed E-state index contributed by atoms with van der Waals surface area (Å²) in [6, 6.07) is 11.0. The Hall–Kier alpha value is -3.41. The van der Waals surface area contributed by atoms with E-state index in [9.17, 15) is 9.59 Å². The van der Waals surface area contributed by atoms with Crippen LogP contribution in [0.25, 0.3) is 21.7 Å². The quantitative estimate of drug-likeness (QED) is 0.244. The van der Waals surface area contributed by atoms with Crippen molar-refractivity contribution in [2.75, 3.05) is 20.2 Å². The van der Waals surface area contributed by atoms with E-state index in [2.05, 4.69) is 38.9 Å². The summed E-state index contributed by atoms with van der Waals surface area (Å²) < 4.78 is 17.8. The highest BCUT2D eigenvalue weighted by Gasteiger charge is 2.26. The predicted molar refractivity (Wildman–Crippen MR) is 144 cm³/mol. The monoisotopic (exact) mass is 557 g/mol. The summed E-state index contributed by atoms with van der Waals surface area (Å²) in [5, 5.41) is 7.37. The van der Waals surface area contributed by atoms with Gasteiger partial charge in [-0.15, -0.1) is 11.3 Å². The number of aromatic nitrogens is 3. The molecular formula is C26H28ClN5O5S. The first-order chi connectivity index (χ1) is 18.3. The van der Waals surface area contributed by atoms with Crippen molar-refractivity contribution in [3.63, 3.8) is 0 Å². The maximum atomic E-state index is 13.5. The number of rotatable bonds is 7. The van der Waals surface area contributed by atoms with E-state index in [1.807, 2.05) is 12.1 Å². The van der Waals surface area contributed by atoms with Crippen molar-refractivity contribution in [1.29, 1.82) is 0 Å². The van der Waals surface area contributed by atoms with Gasteiger partial charge in [-0.3, -0.25) is 4.79 Å². The molecule has 1 fully saturated rings. The Morgan fingerprint density at radius 1 is 1.21 bits per heavy atom. The summed E-state index contributed by atoms with van der Waals surface area (Å²) in [5.74, 6) is 0.824. The van der Waals surface area contributed by atoms with Gasteiger partial charge in [0.2, 0.25) is 0 Å². The smallest absolute Gasteiger partial charge is 0.437 e. The number of amides is 1. The van der Waals surface area contributed by atoms with Crippen molar-refractivity contribution in [3.05, 3.63) is 52.3 Å². The molecule has 12 heteroatoms. The Morgan fingerprint density at radius 3 is 2.68 bits per heavy atom. The zero-order chi connectivity index (χ0) is 26.8. The third-order valence-corrected chi connectivity index (χ3v) is 7.83. The van der Waals surface area contributed by atoms with Crippen LogP contribution in [0.15, 0.2) is 40.9 Å². The van der Waals surface area contributed by atoms with Crippen LogP contribution in [-0.4, -0.2) is 64.0 Å². The highest BCUT2D eigenvalue weighted by atomic mass is 35.5. The fourth-order valence-electron chi connectivity index (χ4n) is 4.56. The standard InChI is InChI=1S/C26H28ClN5O5S/c1-15(2)31-10-8-16(9-11-31)28-25(33)24-29-19-5-4-18(36-26(34)35-3)13-20(19)32(24)14-17-12-21(37-30-17)22-6-7-23(27)38-22/h4-7,12-13,15-16H,8-11,14H2,1-3H3,(H,28,33). The lowest BCUT2D eigenvalue weighted by Gasteiger charge is -2.34. The Balaban J connectivity index is 1.44. The molecule has 5 rings (SSSR count). The summed E-state index contributed by atoms with van der Waals surface area (Å²) in [5.41, 5.74) is 1.79. The number of nitrogens with zero attached hydrogens (tertiary/aromatic N) is 4. The van der Waals surface area contributed by atoms with E-state index < -0.39 is 6.16 Å². The molecule has 0 radical (unpaired) electrons. The number of carbonyl (C=O) groups is 2. The van der Waals surface area contributed by atoms with Crippen LogP contribution in [0.1, 0.15) is 43.0 Å². The number of halogens is 1. The van der Waals surface area contributed by atoms with Crippen LogP contribution in [0, 0.1) is 0 Å². The maximum Gasteiger partial charge on any atom is 0.513 e. The van der Waals surface area contributed by atoms with E-state index in [4.69, 9.17) is 20.9 Å². The van der Waals surface area contributed by atoms with Crippen LogP contribution in [0.5, 0.6) is 5.75 Å². The van der Waals surface area contributed by atoms with Crippen molar-refractivity contribution in [2.24, 2.45) is 0 Å². The lowest BCUT2D eigenvalue weighted by molar-refractivity contribution is 0.0886. The van der Waals surface area contributed by atoms with Gasteiger partial charge in [0.15, 0.2) is 11.6 Å². The number of ether oxygens (including phenoxy) is 2. The van der Waals surface area contributed by atoms with Gasteiger partial charge in [-0.25, -0.2) is 9.78 Å². The third-order valence-electron chi connectivity index (χ3n) is 6.58. The molecule has 0 atom stereocenters. The summed E-state index contributed by atoms with van der Waals surface area (Å²) in [4.78, 5) is 33.0. The number of benzene rings is 1. The molecule has 0 unspecified atom stereocenters. The second kappa shape index (κ2) is 11.1. The van der Waals surface area contributed by atoms with Crippen molar-refractivity contribution < 1.29 is 23.6 Å². The zero-order valence-electron chi connectivity index (χ0n) is 21.3. The van der Waals surface area contributed by atoms with Crippen LogP contribution >= 0.6 is 22.9 Å². The molecule has 4 heterocycles. The third kappa shape index (κ3) is 5.69. The number of carbonyl (C=O) groups excluding carboxylic acids is 2. The van der Waals surface area contributed by atoms with Crippen molar-refractivity contribution in [3.8, 4) is 16.4 Å². The van der Waals surface area contributed by atoms with Crippen LogP contribution < -0.4 is 10.1 Å². The van der Waals surface area contributed by atoms with Gasteiger partial charge in [-0.2, -0.15) is 0 Å². The molecule has 1 saturated heterocycles. The number of piperidine rings is 1. The van der Waals surface area contributed by atoms with E-state index in [0.717, 1.165) is 30.8 Å². The number of fused-ring (bicyclic) bond motifs is 1. The van der Waals surface area contributed by atoms with Gasteiger partial charge in [0.25, 0.3) is 5.91 Å². The van der Waals surface area contributed by atoms with E-state index in [0.29, 0.717) is 32.9 Å². The first-order valence-electron chi connectivity index (χ1n) is 12.3. The first-order valence-corrected chi connectivity index (χ1v) is 13.5. The van der Waals surface area contributed by atoms with Gasteiger partial charge in [-0.1, -0.05) is 16.8 Å². The van der Waals surface area contributed by atoms with Crippen molar-refractivity contribution in [1.82, 2.24) is 24.9 Å². The van der Waals surface area contributed by atoms with E-state index in [-0.39, 0.29) is 30.1 Å². The summed E-state index contributed by atoms with van der Waals surface area (Å²) in [6.07, 6.45) is 0.908. The minimum atomic E-state index is -0.836. The summed E-state index contributed by atoms with van der Waals surface area (Å²) in [7, 11) is 1.24. The number of imidazole rings is 1. The Bertz CT molecular complexity index is 1450. The molecule has 200 valence electrons. The number of hydrogen-bond donors (Lipinski definition) is 1. The molecule has 1 aromatic carbocycles. The van der Waals surface area contributed by atoms with Gasteiger partial charge >= 0.3 is 6.16 Å². The second-order valence-corrected chi connectivity index (χ2v) is 11.1. The van der Waals surface area contributed by atoms with Crippen LogP contribution in [0.2, 0.25) is 4.34 Å². The normalized spacial score (nSPS) is 14.8. The predicted octanol–water partition coefficient (Wildman–Crippen LogP) is 5.20. The Labute approximate surface area is 228 Å². The molecule has 0 bridgehead atoms. The lowest BCUT2D eigenvalue weighted by Crippen LogP contribution is -2.47. The molecule has 4 aromatic rings. The molecule has 0 spiro atoms. The molecule has 3 aromatic heterocycles. The van der Waals surface area contributed by atoms with Gasteiger partial charge in [-0.05, 0) is 51.0 Å². The van der Waals surface area contributed by atoms with Gasteiger partial charge in [0.1, 0.15) is 11.4 Å². The van der Waals surface area contributed by atoms with Gasteiger partial charge in [0, 0.05) is 37.3 Å². The largest absolute Gasteiger partial charge is 0.513 e. The maximum absolute atomic E-state index is 13.5. The Kier molecular flexibility index (Phi) is 7.68. The fraction of sp³-hybridized carbons (Fsp3) is 0.385. The van der Waals surface area contributed by atoms with Crippen LogP contribution in [0.4, 0.5) is 4.79 Å². The zero-order valence-corrected chi connectivity index (χ0v) is 22.8. The van der Waals surface area contributed by atoms with Crippen molar-refractivity contribution >= 4 is 46.0 Å². The molecule has 1 aliphatic heterocycles. The number of nitrogens with one attached hydrogen (secondary N) is 1. The molecular weight excluding hydrogens is 530 g/mol. The lowest BCUT2D eigenvalue weighted by atomic mass is 10.0. The fourth-order valence-corrected chi connectivity index (χ4v) is 5.55. The summed E-state index contributed by atoms with van der Waals surface area (Å²) >= 11 is 7.46. The van der Waals surface area contributed by atoms with Crippen LogP contribution in [0.3, 0.4) is 0 Å². The van der Waals surface area contributed by atoms with E-state index >= 15 is 0 Å². The number of thiophene rings is 1. The average Bonchev–Trinajstić information content (AvgIpc) is 3.63. The molecule has 0 aliphatic carbocycles. The number of methoxy groups -OCH3 is 1. The summed E-state index contributed by atoms with van der Waals surface area (Å²) in [6.45, 7) is 6.45. The highest BCUT2D eigenvalue weighted by Crippen LogP contribution is 2.32. The molecule has 0 saturated carbocycles. The second-order valence-electron chi connectivity index (χ2n) is 9.39. The topological polar surface area (TPSA) is 112 Å². The van der Waals surface area contributed by atoms with Crippen LogP contribution in [-0.2, 0) is 11.3 Å². The minimum absolute atomic E-state index is 0.0613.